The Morgan fingerprint density at radius 3 is 2.28 bits per heavy atom. The number of nitrogens with zero attached hydrogens (tertiary/aromatic N) is 2. The van der Waals surface area contributed by atoms with Gasteiger partial charge in [0, 0.05) is 18.0 Å². The molecule has 0 aliphatic heterocycles. The number of benzene rings is 3. The molecule has 4 aromatic rings. The Bertz CT molecular complexity index is 1160. The van der Waals surface area contributed by atoms with E-state index in [-0.39, 0.29) is 6.61 Å². The lowest BCUT2D eigenvalue weighted by Crippen LogP contribution is -2.16. The van der Waals surface area contributed by atoms with Crippen LogP contribution in [-0.4, -0.2) is 22.4 Å². The molecule has 3 aromatic carbocycles. The SMILES string of the molecule is Cc1cc(Nc2ccn(-c3ccccc3)n2)cc(C)c1OC(=O)COCc1ccccc1. The van der Waals surface area contributed by atoms with Gasteiger partial charge in [0.15, 0.2) is 5.82 Å². The van der Waals surface area contributed by atoms with Crippen LogP contribution in [0.25, 0.3) is 5.69 Å². The number of carbonyl (C=O) groups excluding carboxylic acids is 1. The van der Waals surface area contributed by atoms with Gasteiger partial charge in [0.1, 0.15) is 12.4 Å². The Balaban J connectivity index is 1.36. The summed E-state index contributed by atoms with van der Waals surface area (Å²) >= 11 is 0. The first-order valence-electron chi connectivity index (χ1n) is 10.4. The minimum absolute atomic E-state index is 0.106. The normalized spacial score (nSPS) is 10.7. The number of aryl methyl sites for hydroxylation is 2. The van der Waals surface area contributed by atoms with Crippen LogP contribution in [0.15, 0.2) is 85.1 Å². The Kier molecular flexibility index (Phi) is 6.63. The molecule has 0 aliphatic rings. The van der Waals surface area contributed by atoms with Gasteiger partial charge in [-0.3, -0.25) is 0 Å². The molecule has 0 aliphatic carbocycles. The van der Waals surface area contributed by atoms with E-state index in [0.717, 1.165) is 33.9 Å². The van der Waals surface area contributed by atoms with Gasteiger partial charge in [-0.15, -0.1) is 0 Å². The van der Waals surface area contributed by atoms with Gasteiger partial charge in [-0.2, -0.15) is 5.10 Å². The summed E-state index contributed by atoms with van der Waals surface area (Å²) in [6, 6.07) is 25.4. The molecule has 0 unspecified atom stereocenters. The molecule has 0 saturated heterocycles. The molecule has 0 radical (unpaired) electrons. The maximum absolute atomic E-state index is 12.2. The van der Waals surface area contributed by atoms with E-state index in [0.29, 0.717) is 12.4 Å². The summed E-state index contributed by atoms with van der Waals surface area (Å²) in [5.41, 5.74) is 4.58. The number of hydrogen-bond acceptors (Lipinski definition) is 5. The molecule has 32 heavy (non-hydrogen) atoms. The van der Waals surface area contributed by atoms with Crippen molar-refractivity contribution in [3.8, 4) is 11.4 Å². The molecule has 0 atom stereocenters. The van der Waals surface area contributed by atoms with E-state index in [1.807, 2.05) is 104 Å². The zero-order chi connectivity index (χ0) is 22.3. The minimum atomic E-state index is -0.422. The van der Waals surface area contributed by atoms with Crippen molar-refractivity contribution in [1.82, 2.24) is 9.78 Å². The molecule has 1 aromatic heterocycles. The van der Waals surface area contributed by atoms with Gasteiger partial charge in [0.25, 0.3) is 0 Å². The summed E-state index contributed by atoms with van der Waals surface area (Å²) in [4.78, 5) is 12.2. The second-order valence-electron chi connectivity index (χ2n) is 7.50. The highest BCUT2D eigenvalue weighted by molar-refractivity contribution is 5.75. The van der Waals surface area contributed by atoms with Gasteiger partial charge in [0.05, 0.1) is 12.3 Å². The number of nitrogens with one attached hydrogen (secondary N) is 1. The molecule has 1 heterocycles. The molecule has 0 fully saturated rings. The third-order valence-electron chi connectivity index (χ3n) is 4.89. The highest BCUT2D eigenvalue weighted by atomic mass is 16.6. The summed E-state index contributed by atoms with van der Waals surface area (Å²) in [7, 11) is 0. The third-order valence-corrected chi connectivity index (χ3v) is 4.89. The second-order valence-corrected chi connectivity index (χ2v) is 7.50. The first-order valence-corrected chi connectivity index (χ1v) is 10.4. The van der Waals surface area contributed by atoms with Crippen molar-refractivity contribution in [2.24, 2.45) is 0 Å². The fourth-order valence-corrected chi connectivity index (χ4v) is 3.42. The topological polar surface area (TPSA) is 65.4 Å². The molecule has 0 bridgehead atoms. The summed E-state index contributed by atoms with van der Waals surface area (Å²) in [5, 5.41) is 7.88. The van der Waals surface area contributed by atoms with Crippen LogP contribution in [0, 0.1) is 13.8 Å². The summed E-state index contributed by atoms with van der Waals surface area (Å²) in [6.45, 7) is 4.08. The molecule has 6 heteroatoms. The predicted octanol–water partition coefficient (Wildman–Crippen LogP) is 5.35. The number of rotatable bonds is 8. The number of anilines is 2. The molecule has 0 spiro atoms. The van der Waals surface area contributed by atoms with Crippen LogP contribution < -0.4 is 10.1 Å². The lowest BCUT2D eigenvalue weighted by Gasteiger charge is -2.13. The maximum atomic E-state index is 12.2. The highest BCUT2D eigenvalue weighted by Gasteiger charge is 2.13. The first-order chi connectivity index (χ1) is 15.6. The van der Waals surface area contributed by atoms with Crippen molar-refractivity contribution in [2.75, 3.05) is 11.9 Å². The summed E-state index contributed by atoms with van der Waals surface area (Å²) in [6.07, 6.45) is 1.91. The number of para-hydroxylation sites is 1. The van der Waals surface area contributed by atoms with Crippen molar-refractivity contribution in [1.29, 1.82) is 0 Å². The number of carbonyl (C=O) groups is 1. The monoisotopic (exact) mass is 427 g/mol. The van der Waals surface area contributed by atoms with Crippen LogP contribution in [0.1, 0.15) is 16.7 Å². The second kappa shape index (κ2) is 9.94. The van der Waals surface area contributed by atoms with Crippen LogP contribution in [0.4, 0.5) is 11.5 Å². The molecule has 162 valence electrons. The van der Waals surface area contributed by atoms with Crippen LogP contribution in [-0.2, 0) is 16.1 Å². The Hall–Kier alpha value is -3.90. The van der Waals surface area contributed by atoms with Crippen molar-refractivity contribution in [3.05, 3.63) is 102 Å². The number of hydrogen-bond donors (Lipinski definition) is 1. The van der Waals surface area contributed by atoms with E-state index < -0.39 is 5.97 Å². The van der Waals surface area contributed by atoms with Gasteiger partial charge in [0.2, 0.25) is 0 Å². The van der Waals surface area contributed by atoms with Gasteiger partial charge in [-0.05, 0) is 54.8 Å². The van der Waals surface area contributed by atoms with Crippen LogP contribution in [0.3, 0.4) is 0 Å². The van der Waals surface area contributed by atoms with Crippen LogP contribution >= 0.6 is 0 Å². The first kappa shape index (κ1) is 21.3. The Morgan fingerprint density at radius 1 is 0.938 bits per heavy atom. The largest absolute Gasteiger partial charge is 0.424 e. The van der Waals surface area contributed by atoms with Crippen LogP contribution in [0.5, 0.6) is 5.75 Å². The standard InChI is InChI=1S/C26H25N3O3/c1-19-15-22(27-24-13-14-29(28-24)23-11-7-4-8-12-23)16-20(2)26(19)32-25(30)18-31-17-21-9-5-3-6-10-21/h3-16H,17-18H2,1-2H3,(H,27,28). The Labute approximate surface area is 187 Å². The quantitative estimate of drug-likeness (QED) is 0.303. The fraction of sp³-hybridized carbons (Fsp3) is 0.154. The zero-order valence-electron chi connectivity index (χ0n) is 18.1. The summed E-state index contributed by atoms with van der Waals surface area (Å²) in [5.74, 6) is 0.861. The molecule has 0 amide bonds. The molecule has 6 nitrogen and oxygen atoms in total. The molecular weight excluding hydrogens is 402 g/mol. The van der Waals surface area contributed by atoms with E-state index in [2.05, 4.69) is 10.4 Å². The van der Waals surface area contributed by atoms with E-state index >= 15 is 0 Å². The molecule has 0 saturated carbocycles. The van der Waals surface area contributed by atoms with Crippen LogP contribution in [0.2, 0.25) is 0 Å². The zero-order valence-corrected chi connectivity index (χ0v) is 18.1. The lowest BCUT2D eigenvalue weighted by atomic mass is 10.1. The highest BCUT2D eigenvalue weighted by Crippen LogP contribution is 2.29. The van der Waals surface area contributed by atoms with E-state index in [1.165, 1.54) is 0 Å². The van der Waals surface area contributed by atoms with Gasteiger partial charge in [-0.25, -0.2) is 9.48 Å². The van der Waals surface area contributed by atoms with Gasteiger partial charge in [-0.1, -0.05) is 48.5 Å². The molecule has 4 rings (SSSR count). The third kappa shape index (κ3) is 5.42. The average molecular weight is 428 g/mol. The van der Waals surface area contributed by atoms with Crippen molar-refractivity contribution < 1.29 is 14.3 Å². The summed E-state index contributed by atoms with van der Waals surface area (Å²) < 4.78 is 12.9. The number of aromatic nitrogens is 2. The maximum Gasteiger partial charge on any atom is 0.337 e. The number of ether oxygens (including phenoxy) is 2. The van der Waals surface area contributed by atoms with Crippen molar-refractivity contribution in [2.45, 2.75) is 20.5 Å². The van der Waals surface area contributed by atoms with Crippen molar-refractivity contribution in [3.63, 3.8) is 0 Å². The minimum Gasteiger partial charge on any atom is -0.424 e. The van der Waals surface area contributed by atoms with E-state index in [9.17, 15) is 4.79 Å². The van der Waals surface area contributed by atoms with E-state index in [4.69, 9.17) is 9.47 Å². The Morgan fingerprint density at radius 2 is 1.59 bits per heavy atom. The van der Waals surface area contributed by atoms with Crippen molar-refractivity contribution >= 4 is 17.5 Å². The molecule has 1 N–H and O–H groups in total. The van der Waals surface area contributed by atoms with Gasteiger partial charge >= 0.3 is 5.97 Å². The predicted molar refractivity (Wildman–Crippen MR) is 124 cm³/mol. The van der Waals surface area contributed by atoms with Gasteiger partial charge < -0.3 is 14.8 Å². The lowest BCUT2D eigenvalue weighted by molar-refractivity contribution is -0.140. The smallest absolute Gasteiger partial charge is 0.337 e. The average Bonchev–Trinajstić information content (AvgIpc) is 3.26. The number of esters is 1. The van der Waals surface area contributed by atoms with E-state index in [1.54, 1.807) is 0 Å². The molecular formula is C26H25N3O3. The fourth-order valence-electron chi connectivity index (χ4n) is 3.42.